The Morgan fingerprint density at radius 1 is 1.00 bits per heavy atom. The zero-order valence-electron chi connectivity index (χ0n) is 11.9. The maximum absolute atomic E-state index is 12.0. The predicted molar refractivity (Wildman–Crippen MR) is 82.3 cm³/mol. The molecular weight excluding hydrogens is 278 g/mol. The van der Waals surface area contributed by atoms with Crippen molar-refractivity contribution in [3.05, 3.63) is 76.9 Å². The zero-order valence-corrected chi connectivity index (χ0v) is 11.9. The molecule has 22 heavy (non-hydrogen) atoms. The van der Waals surface area contributed by atoms with Gasteiger partial charge in [0.25, 0.3) is 0 Å². The van der Waals surface area contributed by atoms with Crippen molar-refractivity contribution in [3.8, 4) is 6.07 Å². The summed E-state index contributed by atoms with van der Waals surface area (Å²) in [6, 6.07) is 15.2. The van der Waals surface area contributed by atoms with Crippen molar-refractivity contribution in [2.24, 2.45) is 0 Å². The Morgan fingerprint density at radius 2 is 1.59 bits per heavy atom. The molecule has 108 valence electrons. The molecule has 4 nitrogen and oxygen atoms in total. The summed E-state index contributed by atoms with van der Waals surface area (Å²) in [4.78, 5) is 23.3. The average Bonchev–Trinajstić information content (AvgIpc) is 2.59. The summed E-state index contributed by atoms with van der Waals surface area (Å²) >= 11 is 0. The van der Waals surface area contributed by atoms with Crippen LogP contribution in [0, 0.1) is 11.3 Å². The van der Waals surface area contributed by atoms with Crippen molar-refractivity contribution in [3.63, 3.8) is 0 Å². The van der Waals surface area contributed by atoms with E-state index in [0.29, 0.717) is 16.7 Å². The maximum atomic E-state index is 12.0. The van der Waals surface area contributed by atoms with E-state index in [0.717, 1.165) is 5.56 Å². The van der Waals surface area contributed by atoms with Crippen LogP contribution in [0.2, 0.25) is 0 Å². The Labute approximate surface area is 128 Å². The molecule has 0 radical (unpaired) electrons. The fraction of sp³-hybridized carbons (Fsp3) is 0.0556. The molecule has 0 saturated heterocycles. The van der Waals surface area contributed by atoms with Gasteiger partial charge in [0.1, 0.15) is 0 Å². The van der Waals surface area contributed by atoms with Gasteiger partial charge >= 0.3 is 5.97 Å². The van der Waals surface area contributed by atoms with Crippen LogP contribution in [0.4, 0.5) is 0 Å². The minimum atomic E-state index is -0.399. The van der Waals surface area contributed by atoms with Crippen LogP contribution in [0.1, 0.15) is 31.8 Å². The van der Waals surface area contributed by atoms with Crippen LogP contribution in [-0.2, 0) is 4.74 Å². The SMILES string of the molecule is COC(=O)c1ccc(/C=C/C(=O)c2ccc(C#N)cc2)cc1. The Kier molecular flexibility index (Phi) is 4.84. The highest BCUT2D eigenvalue weighted by Gasteiger charge is 2.04. The number of carbonyl (C=O) groups excluding carboxylic acids is 2. The van der Waals surface area contributed by atoms with E-state index in [-0.39, 0.29) is 5.78 Å². The van der Waals surface area contributed by atoms with Gasteiger partial charge in [-0.05, 0) is 48.0 Å². The molecule has 0 aromatic heterocycles. The van der Waals surface area contributed by atoms with E-state index in [1.165, 1.54) is 13.2 Å². The molecule has 0 atom stereocenters. The maximum Gasteiger partial charge on any atom is 0.337 e. The molecule has 0 heterocycles. The minimum absolute atomic E-state index is 0.151. The van der Waals surface area contributed by atoms with Crippen molar-refractivity contribution in [2.75, 3.05) is 7.11 Å². The average molecular weight is 291 g/mol. The Bertz CT molecular complexity index is 750. The van der Waals surface area contributed by atoms with Gasteiger partial charge in [-0.15, -0.1) is 0 Å². The van der Waals surface area contributed by atoms with Gasteiger partial charge in [-0.25, -0.2) is 4.79 Å². The standard InChI is InChI=1S/C18H13NO3/c1-22-18(21)16-9-2-13(3-10-16)6-11-17(20)15-7-4-14(12-19)5-8-15/h2-11H,1H3/b11-6+. The van der Waals surface area contributed by atoms with Crippen molar-refractivity contribution >= 4 is 17.8 Å². The number of esters is 1. The van der Waals surface area contributed by atoms with E-state index in [4.69, 9.17) is 5.26 Å². The third-order valence-electron chi connectivity index (χ3n) is 3.06. The van der Waals surface area contributed by atoms with Crippen LogP contribution in [0.5, 0.6) is 0 Å². The number of allylic oxidation sites excluding steroid dienone is 1. The lowest BCUT2D eigenvalue weighted by atomic mass is 10.1. The number of hydrogen-bond acceptors (Lipinski definition) is 4. The number of nitrogens with zero attached hydrogens (tertiary/aromatic N) is 1. The Balaban J connectivity index is 2.09. The van der Waals surface area contributed by atoms with Crippen LogP contribution in [0.15, 0.2) is 54.6 Å². The smallest absolute Gasteiger partial charge is 0.337 e. The molecule has 0 unspecified atom stereocenters. The Morgan fingerprint density at radius 3 is 2.14 bits per heavy atom. The molecule has 0 aliphatic rings. The first-order chi connectivity index (χ1) is 10.6. The molecule has 0 aliphatic heterocycles. The number of rotatable bonds is 4. The van der Waals surface area contributed by atoms with E-state index in [1.54, 1.807) is 54.6 Å². The molecule has 2 aromatic rings. The third kappa shape index (κ3) is 3.68. The molecule has 0 bridgehead atoms. The second-order valence-corrected chi connectivity index (χ2v) is 4.50. The summed E-state index contributed by atoms with van der Waals surface area (Å²) < 4.78 is 4.62. The fourth-order valence-corrected chi connectivity index (χ4v) is 1.83. The first kappa shape index (κ1) is 15.2. The van der Waals surface area contributed by atoms with Gasteiger partial charge in [0, 0.05) is 5.56 Å². The minimum Gasteiger partial charge on any atom is -0.465 e. The van der Waals surface area contributed by atoms with E-state index >= 15 is 0 Å². The van der Waals surface area contributed by atoms with Gasteiger partial charge < -0.3 is 4.74 Å². The number of nitriles is 1. The lowest BCUT2D eigenvalue weighted by molar-refractivity contribution is 0.0600. The molecule has 0 N–H and O–H groups in total. The first-order valence-electron chi connectivity index (χ1n) is 6.55. The molecule has 0 amide bonds. The number of methoxy groups -OCH3 is 1. The topological polar surface area (TPSA) is 67.2 Å². The number of benzene rings is 2. The van der Waals surface area contributed by atoms with Crippen LogP contribution in [0.3, 0.4) is 0 Å². The van der Waals surface area contributed by atoms with Gasteiger partial charge in [-0.3, -0.25) is 4.79 Å². The van der Waals surface area contributed by atoms with Gasteiger partial charge in [0.05, 0.1) is 24.3 Å². The van der Waals surface area contributed by atoms with Gasteiger partial charge in [-0.1, -0.05) is 18.2 Å². The predicted octanol–water partition coefficient (Wildman–Crippen LogP) is 3.24. The van der Waals surface area contributed by atoms with E-state index < -0.39 is 5.97 Å². The summed E-state index contributed by atoms with van der Waals surface area (Å²) in [7, 11) is 1.33. The van der Waals surface area contributed by atoms with Gasteiger partial charge in [-0.2, -0.15) is 5.26 Å². The van der Waals surface area contributed by atoms with Crippen molar-refractivity contribution in [1.29, 1.82) is 5.26 Å². The van der Waals surface area contributed by atoms with Gasteiger partial charge in [0.15, 0.2) is 5.78 Å². The quantitative estimate of drug-likeness (QED) is 0.492. The monoisotopic (exact) mass is 291 g/mol. The largest absolute Gasteiger partial charge is 0.465 e. The second kappa shape index (κ2) is 7.00. The highest BCUT2D eigenvalue weighted by atomic mass is 16.5. The zero-order chi connectivity index (χ0) is 15.9. The molecular formula is C18H13NO3. The first-order valence-corrected chi connectivity index (χ1v) is 6.55. The lowest BCUT2D eigenvalue weighted by Crippen LogP contribution is -2.00. The number of hydrogen-bond donors (Lipinski definition) is 0. The number of ether oxygens (including phenoxy) is 1. The summed E-state index contributed by atoms with van der Waals surface area (Å²) in [5.41, 5.74) is 2.29. The molecule has 2 rings (SSSR count). The molecule has 0 aliphatic carbocycles. The molecule has 0 saturated carbocycles. The summed E-state index contributed by atoms with van der Waals surface area (Å²) in [5, 5.41) is 8.72. The highest BCUT2D eigenvalue weighted by molar-refractivity contribution is 6.06. The lowest BCUT2D eigenvalue weighted by Gasteiger charge is -1.99. The molecule has 4 heteroatoms. The van der Waals surface area contributed by atoms with Crippen LogP contribution >= 0.6 is 0 Å². The fourth-order valence-electron chi connectivity index (χ4n) is 1.83. The van der Waals surface area contributed by atoms with Gasteiger partial charge in [0.2, 0.25) is 0 Å². The Hall–Kier alpha value is -3.19. The van der Waals surface area contributed by atoms with Crippen molar-refractivity contribution < 1.29 is 14.3 Å². The molecule has 0 spiro atoms. The normalized spacial score (nSPS) is 10.2. The third-order valence-corrected chi connectivity index (χ3v) is 3.06. The van der Waals surface area contributed by atoms with Crippen molar-refractivity contribution in [2.45, 2.75) is 0 Å². The second-order valence-electron chi connectivity index (χ2n) is 4.50. The van der Waals surface area contributed by atoms with Crippen LogP contribution < -0.4 is 0 Å². The number of ketones is 1. The van der Waals surface area contributed by atoms with E-state index in [1.807, 2.05) is 6.07 Å². The van der Waals surface area contributed by atoms with E-state index in [2.05, 4.69) is 4.74 Å². The van der Waals surface area contributed by atoms with Crippen LogP contribution in [0.25, 0.3) is 6.08 Å². The summed E-state index contributed by atoms with van der Waals surface area (Å²) in [6.07, 6.45) is 3.12. The number of carbonyl (C=O) groups is 2. The van der Waals surface area contributed by atoms with Crippen molar-refractivity contribution in [1.82, 2.24) is 0 Å². The molecule has 2 aromatic carbocycles. The summed E-state index contributed by atoms with van der Waals surface area (Å²) in [5.74, 6) is -0.550. The summed E-state index contributed by atoms with van der Waals surface area (Å²) in [6.45, 7) is 0. The van der Waals surface area contributed by atoms with E-state index in [9.17, 15) is 9.59 Å². The van der Waals surface area contributed by atoms with Crippen LogP contribution in [-0.4, -0.2) is 18.9 Å². The highest BCUT2D eigenvalue weighted by Crippen LogP contribution is 2.09. The molecule has 0 fully saturated rings.